The van der Waals surface area contributed by atoms with Crippen molar-refractivity contribution in [2.24, 2.45) is 0 Å². The van der Waals surface area contributed by atoms with Gasteiger partial charge in [0.05, 0.1) is 17.6 Å². The molecule has 1 aliphatic heterocycles. The molecule has 0 spiro atoms. The summed E-state index contributed by atoms with van der Waals surface area (Å²) in [5.41, 5.74) is 0.774. The van der Waals surface area contributed by atoms with Gasteiger partial charge in [-0.3, -0.25) is 4.79 Å². The Morgan fingerprint density at radius 3 is 3.00 bits per heavy atom. The number of halogens is 1. The summed E-state index contributed by atoms with van der Waals surface area (Å²) in [5, 5.41) is 6.05. The van der Waals surface area contributed by atoms with Crippen LogP contribution in [0.3, 0.4) is 0 Å². The lowest BCUT2D eigenvalue weighted by Gasteiger charge is -2.12. The van der Waals surface area contributed by atoms with Crippen molar-refractivity contribution < 1.29 is 9.53 Å². The van der Waals surface area contributed by atoms with E-state index in [-0.39, 0.29) is 11.9 Å². The van der Waals surface area contributed by atoms with Gasteiger partial charge in [-0.05, 0) is 53.5 Å². The Kier molecular flexibility index (Phi) is 4.02. The van der Waals surface area contributed by atoms with E-state index in [1.54, 1.807) is 7.11 Å². The number of nitrogens with one attached hydrogen (secondary N) is 2. The number of benzene rings is 1. The van der Waals surface area contributed by atoms with E-state index in [0.717, 1.165) is 35.3 Å². The first-order valence-corrected chi connectivity index (χ1v) is 6.38. The summed E-state index contributed by atoms with van der Waals surface area (Å²) in [6.07, 6.45) is 1.97. The second kappa shape index (κ2) is 5.51. The summed E-state index contributed by atoms with van der Waals surface area (Å²) in [7, 11) is 1.61. The van der Waals surface area contributed by atoms with E-state index in [9.17, 15) is 4.79 Å². The highest BCUT2D eigenvalue weighted by molar-refractivity contribution is 9.10. The number of ether oxygens (including phenoxy) is 1. The van der Waals surface area contributed by atoms with Gasteiger partial charge < -0.3 is 15.4 Å². The van der Waals surface area contributed by atoms with Crippen molar-refractivity contribution >= 4 is 27.5 Å². The molecule has 1 aromatic rings. The summed E-state index contributed by atoms with van der Waals surface area (Å²) in [6, 6.07) is 5.43. The Labute approximate surface area is 109 Å². The van der Waals surface area contributed by atoms with E-state index in [0.29, 0.717) is 0 Å². The maximum absolute atomic E-state index is 11.9. The molecule has 0 unspecified atom stereocenters. The number of anilines is 1. The van der Waals surface area contributed by atoms with Crippen molar-refractivity contribution in [2.75, 3.05) is 19.0 Å². The molecule has 1 amide bonds. The second-order valence-electron chi connectivity index (χ2n) is 3.99. The Morgan fingerprint density at radius 1 is 1.59 bits per heavy atom. The first-order chi connectivity index (χ1) is 8.20. The molecule has 0 radical (unpaired) electrons. The fourth-order valence-corrected chi connectivity index (χ4v) is 2.42. The van der Waals surface area contributed by atoms with Gasteiger partial charge in [0, 0.05) is 5.69 Å². The largest absolute Gasteiger partial charge is 0.496 e. The number of rotatable bonds is 3. The molecule has 2 rings (SSSR count). The molecular formula is C12H15BrN2O2. The minimum Gasteiger partial charge on any atom is -0.496 e. The minimum absolute atomic E-state index is 0.0274. The molecular weight excluding hydrogens is 284 g/mol. The van der Waals surface area contributed by atoms with Gasteiger partial charge in [-0.2, -0.15) is 0 Å². The molecule has 1 heterocycles. The Morgan fingerprint density at radius 2 is 2.41 bits per heavy atom. The zero-order chi connectivity index (χ0) is 12.3. The van der Waals surface area contributed by atoms with Crippen LogP contribution in [0, 0.1) is 0 Å². The molecule has 0 bridgehead atoms. The molecule has 1 saturated heterocycles. The summed E-state index contributed by atoms with van der Waals surface area (Å²) < 4.78 is 5.96. The first-order valence-electron chi connectivity index (χ1n) is 5.58. The summed E-state index contributed by atoms with van der Waals surface area (Å²) in [4.78, 5) is 11.9. The average molecular weight is 299 g/mol. The van der Waals surface area contributed by atoms with Gasteiger partial charge >= 0.3 is 0 Å². The molecule has 5 heteroatoms. The predicted molar refractivity (Wildman–Crippen MR) is 70.3 cm³/mol. The molecule has 1 aromatic carbocycles. The topological polar surface area (TPSA) is 50.4 Å². The molecule has 4 nitrogen and oxygen atoms in total. The fraction of sp³-hybridized carbons (Fsp3) is 0.417. The minimum atomic E-state index is -0.0594. The van der Waals surface area contributed by atoms with E-state index in [2.05, 4.69) is 26.6 Å². The zero-order valence-electron chi connectivity index (χ0n) is 9.63. The molecule has 0 saturated carbocycles. The van der Waals surface area contributed by atoms with Crippen molar-refractivity contribution in [3.8, 4) is 5.75 Å². The van der Waals surface area contributed by atoms with E-state index in [1.165, 1.54) is 0 Å². The van der Waals surface area contributed by atoms with Crippen LogP contribution in [0.5, 0.6) is 5.75 Å². The Hall–Kier alpha value is -1.07. The van der Waals surface area contributed by atoms with Gasteiger partial charge in [0.15, 0.2) is 0 Å². The van der Waals surface area contributed by atoms with E-state index >= 15 is 0 Å². The number of carbonyl (C=O) groups is 1. The van der Waals surface area contributed by atoms with Gasteiger partial charge in [0.2, 0.25) is 5.91 Å². The third-order valence-corrected chi connectivity index (χ3v) is 3.42. The van der Waals surface area contributed by atoms with Gasteiger partial charge in [-0.15, -0.1) is 0 Å². The molecule has 1 atom stereocenters. The van der Waals surface area contributed by atoms with E-state index in [4.69, 9.17) is 4.74 Å². The second-order valence-corrected chi connectivity index (χ2v) is 4.84. The number of methoxy groups -OCH3 is 1. The van der Waals surface area contributed by atoms with Crippen LogP contribution in [0.4, 0.5) is 5.69 Å². The summed E-state index contributed by atoms with van der Waals surface area (Å²) in [5.74, 6) is 0.779. The highest BCUT2D eigenvalue weighted by Crippen LogP contribution is 2.27. The standard InChI is InChI=1S/C12H15BrN2O2/c1-17-11-5-4-8(7-9(11)13)15-12(16)10-3-2-6-14-10/h4-5,7,10,14H,2-3,6H2,1H3,(H,15,16)/t10-/m0/s1. The highest BCUT2D eigenvalue weighted by atomic mass is 79.9. The highest BCUT2D eigenvalue weighted by Gasteiger charge is 2.21. The fourth-order valence-electron chi connectivity index (χ4n) is 1.88. The number of hydrogen-bond donors (Lipinski definition) is 2. The van der Waals surface area contributed by atoms with Crippen LogP contribution in [-0.4, -0.2) is 25.6 Å². The van der Waals surface area contributed by atoms with Crippen molar-refractivity contribution in [1.82, 2.24) is 5.32 Å². The molecule has 1 aliphatic rings. The number of hydrogen-bond acceptors (Lipinski definition) is 3. The average Bonchev–Trinajstić information content (AvgIpc) is 2.82. The summed E-state index contributed by atoms with van der Waals surface area (Å²) >= 11 is 3.39. The third-order valence-electron chi connectivity index (χ3n) is 2.80. The number of carbonyl (C=O) groups excluding carboxylic acids is 1. The van der Waals surface area contributed by atoms with Gasteiger partial charge in [-0.1, -0.05) is 0 Å². The van der Waals surface area contributed by atoms with Gasteiger partial charge in [0.25, 0.3) is 0 Å². The lowest BCUT2D eigenvalue weighted by molar-refractivity contribution is -0.117. The van der Waals surface area contributed by atoms with Crippen molar-refractivity contribution in [2.45, 2.75) is 18.9 Å². The molecule has 0 aromatic heterocycles. The van der Waals surface area contributed by atoms with Crippen LogP contribution in [-0.2, 0) is 4.79 Å². The molecule has 0 aliphatic carbocycles. The van der Waals surface area contributed by atoms with Crippen molar-refractivity contribution in [1.29, 1.82) is 0 Å². The normalized spacial score (nSPS) is 19.1. The number of amides is 1. The summed E-state index contributed by atoms with van der Waals surface area (Å²) in [6.45, 7) is 0.921. The maximum atomic E-state index is 11.9. The smallest absolute Gasteiger partial charge is 0.241 e. The van der Waals surface area contributed by atoms with Gasteiger partial charge in [-0.25, -0.2) is 0 Å². The van der Waals surface area contributed by atoms with Crippen LogP contribution >= 0.6 is 15.9 Å². The van der Waals surface area contributed by atoms with Gasteiger partial charge in [0.1, 0.15) is 5.75 Å². The Balaban J connectivity index is 2.03. The Bertz CT molecular complexity index is 417. The van der Waals surface area contributed by atoms with Crippen molar-refractivity contribution in [3.05, 3.63) is 22.7 Å². The lowest BCUT2D eigenvalue weighted by Crippen LogP contribution is -2.35. The maximum Gasteiger partial charge on any atom is 0.241 e. The van der Waals surface area contributed by atoms with Crippen LogP contribution in [0.15, 0.2) is 22.7 Å². The quantitative estimate of drug-likeness (QED) is 0.899. The van der Waals surface area contributed by atoms with Crippen LogP contribution in [0.1, 0.15) is 12.8 Å². The zero-order valence-corrected chi connectivity index (χ0v) is 11.2. The van der Waals surface area contributed by atoms with E-state index in [1.807, 2.05) is 18.2 Å². The van der Waals surface area contributed by atoms with Crippen LogP contribution < -0.4 is 15.4 Å². The molecule has 17 heavy (non-hydrogen) atoms. The lowest BCUT2D eigenvalue weighted by atomic mass is 10.2. The van der Waals surface area contributed by atoms with Crippen LogP contribution in [0.25, 0.3) is 0 Å². The van der Waals surface area contributed by atoms with Crippen molar-refractivity contribution in [3.63, 3.8) is 0 Å². The SMILES string of the molecule is COc1ccc(NC(=O)[C@@H]2CCCN2)cc1Br. The van der Waals surface area contributed by atoms with Crippen LogP contribution in [0.2, 0.25) is 0 Å². The third kappa shape index (κ3) is 2.98. The molecule has 2 N–H and O–H groups in total. The molecule has 92 valence electrons. The molecule has 1 fully saturated rings. The predicted octanol–water partition coefficient (Wildman–Crippen LogP) is 2.15. The first kappa shape index (κ1) is 12.4. The van der Waals surface area contributed by atoms with E-state index < -0.39 is 0 Å². The monoisotopic (exact) mass is 298 g/mol.